The van der Waals surface area contributed by atoms with Gasteiger partial charge in [-0.05, 0) is 99.1 Å². The van der Waals surface area contributed by atoms with Gasteiger partial charge >= 0.3 is 0 Å². The predicted octanol–water partition coefficient (Wildman–Crippen LogP) is 6.37. The molecule has 0 amide bonds. The Labute approximate surface area is 254 Å². The molecule has 7 nitrogen and oxygen atoms in total. The monoisotopic (exact) mass is 588 g/mol. The Balaban J connectivity index is 1.26. The molecule has 1 aliphatic heterocycles. The van der Waals surface area contributed by atoms with Crippen LogP contribution in [0.2, 0.25) is 5.02 Å². The fraction of sp³-hybridized carbons (Fsp3) is 0.559. The van der Waals surface area contributed by atoms with Crippen LogP contribution in [0.5, 0.6) is 0 Å². The van der Waals surface area contributed by atoms with Crippen LogP contribution < -0.4 is 16.2 Å². The van der Waals surface area contributed by atoms with Crippen LogP contribution in [0, 0.1) is 23.2 Å². The Morgan fingerprint density at radius 1 is 1.12 bits per heavy atom. The third-order valence-corrected chi connectivity index (χ3v) is 10.7. The van der Waals surface area contributed by atoms with Crippen molar-refractivity contribution >= 4 is 34.2 Å². The first-order valence-electron chi connectivity index (χ1n) is 15.6. The largest absolute Gasteiger partial charge is 0.340 e. The van der Waals surface area contributed by atoms with Gasteiger partial charge in [0, 0.05) is 41.9 Å². The third kappa shape index (κ3) is 5.58. The SMILES string of the molecule is C[C@@H]1[C@@H](N=C(Nc2ccc3c(=O)n([C@H](C)Cc4ccc(Cl)cc4)cnc3c2)N2C[C@@H](C)N[C@@H](C)C2)C[C@H]2C[C@@H]1C2(C)C. The summed E-state index contributed by atoms with van der Waals surface area (Å²) in [6.07, 6.45) is 4.90. The topological polar surface area (TPSA) is 74.5 Å². The first kappa shape index (κ1) is 29.2. The molecular formula is C34H45ClN6O. The van der Waals surface area contributed by atoms with Gasteiger partial charge in [-0.1, -0.05) is 44.5 Å². The minimum absolute atomic E-state index is 0.0236. The summed E-state index contributed by atoms with van der Waals surface area (Å²) in [6.45, 7) is 15.6. The van der Waals surface area contributed by atoms with Gasteiger partial charge in [0.25, 0.3) is 5.56 Å². The average molecular weight is 589 g/mol. The number of nitrogens with one attached hydrogen (secondary N) is 2. The summed E-state index contributed by atoms with van der Waals surface area (Å²) in [5.74, 6) is 2.99. The lowest BCUT2D eigenvalue weighted by atomic mass is 9.45. The molecule has 0 spiro atoms. The zero-order chi connectivity index (χ0) is 29.8. The van der Waals surface area contributed by atoms with Gasteiger partial charge < -0.3 is 15.5 Å². The van der Waals surface area contributed by atoms with Crippen LogP contribution in [0.4, 0.5) is 5.69 Å². The number of piperazine rings is 1. The van der Waals surface area contributed by atoms with E-state index in [4.69, 9.17) is 21.6 Å². The number of anilines is 1. The van der Waals surface area contributed by atoms with E-state index in [-0.39, 0.29) is 11.6 Å². The maximum absolute atomic E-state index is 13.5. The van der Waals surface area contributed by atoms with E-state index < -0.39 is 0 Å². The molecule has 3 saturated carbocycles. The number of fused-ring (bicyclic) bond motifs is 3. The fourth-order valence-electron chi connectivity index (χ4n) is 7.86. The number of hydrogen-bond acceptors (Lipinski definition) is 4. The number of aromatic nitrogens is 2. The second-order valence-electron chi connectivity index (χ2n) is 13.8. The van der Waals surface area contributed by atoms with Crippen molar-refractivity contribution in [2.75, 3.05) is 18.4 Å². The van der Waals surface area contributed by atoms with Crippen molar-refractivity contribution in [1.29, 1.82) is 0 Å². The summed E-state index contributed by atoms with van der Waals surface area (Å²) in [5, 5.41) is 8.67. The molecule has 42 heavy (non-hydrogen) atoms. The Bertz CT molecular complexity index is 1520. The standard InChI is InChI=1S/C34H45ClN6O/c1-20-17-40(18-21(2)37-20)33(39-30-15-25-14-29(23(30)4)34(25,5)6)38-27-11-12-28-31(16-27)36-19-41(32(28)42)22(3)13-24-7-9-26(35)10-8-24/h7-12,16,19-23,25,29-30,37H,13-15,17-18H2,1-6H3,(H,38,39)/t20-,21+,22-,23+,25-,29+,30+/m1/s1. The molecule has 2 aromatic carbocycles. The predicted molar refractivity (Wildman–Crippen MR) is 174 cm³/mol. The van der Waals surface area contributed by atoms with Crippen LogP contribution in [0.3, 0.4) is 0 Å². The summed E-state index contributed by atoms with van der Waals surface area (Å²) in [7, 11) is 0. The van der Waals surface area contributed by atoms with Gasteiger partial charge in [-0.15, -0.1) is 0 Å². The molecule has 8 heteroatoms. The van der Waals surface area contributed by atoms with Gasteiger partial charge in [0.05, 0.1) is 23.3 Å². The van der Waals surface area contributed by atoms with Crippen molar-refractivity contribution in [3.05, 3.63) is 69.7 Å². The smallest absolute Gasteiger partial charge is 0.261 e. The highest BCUT2D eigenvalue weighted by atomic mass is 35.5. The maximum Gasteiger partial charge on any atom is 0.261 e. The van der Waals surface area contributed by atoms with E-state index in [1.807, 2.05) is 42.5 Å². The minimum atomic E-state index is -0.0301. The molecule has 2 N–H and O–H groups in total. The van der Waals surface area contributed by atoms with Crippen LogP contribution in [-0.2, 0) is 6.42 Å². The number of guanidine groups is 1. The normalized spacial score (nSPS) is 29.7. The molecule has 3 aromatic rings. The van der Waals surface area contributed by atoms with E-state index in [1.165, 1.54) is 6.42 Å². The number of benzene rings is 2. The van der Waals surface area contributed by atoms with Crippen LogP contribution in [0.15, 0.2) is 58.6 Å². The summed E-state index contributed by atoms with van der Waals surface area (Å²) in [5.41, 5.74) is 3.14. The summed E-state index contributed by atoms with van der Waals surface area (Å²) >= 11 is 6.05. The third-order valence-electron chi connectivity index (χ3n) is 10.4. The molecule has 3 aliphatic carbocycles. The van der Waals surface area contributed by atoms with Crippen LogP contribution >= 0.6 is 11.6 Å². The highest BCUT2D eigenvalue weighted by Gasteiger charge is 2.56. The number of hydrogen-bond donors (Lipinski definition) is 2. The maximum atomic E-state index is 13.5. The average Bonchev–Trinajstić information content (AvgIpc) is 2.94. The van der Waals surface area contributed by atoms with E-state index in [0.717, 1.165) is 55.0 Å². The van der Waals surface area contributed by atoms with Gasteiger partial charge in [-0.25, -0.2) is 9.98 Å². The number of halogens is 1. The lowest BCUT2D eigenvalue weighted by Crippen LogP contribution is -2.59. The molecule has 4 aliphatic rings. The Hall–Kier alpha value is -2.90. The van der Waals surface area contributed by atoms with Gasteiger partial charge in [0.15, 0.2) is 5.96 Å². The van der Waals surface area contributed by atoms with Crippen molar-refractivity contribution in [2.45, 2.75) is 85.0 Å². The molecule has 1 aromatic heterocycles. The van der Waals surface area contributed by atoms with E-state index in [2.05, 4.69) is 57.1 Å². The van der Waals surface area contributed by atoms with E-state index in [1.54, 1.807) is 10.9 Å². The molecule has 0 unspecified atom stereocenters. The Morgan fingerprint density at radius 2 is 1.83 bits per heavy atom. The lowest BCUT2D eigenvalue weighted by Gasteiger charge is -2.61. The summed E-state index contributed by atoms with van der Waals surface area (Å²) < 4.78 is 1.73. The van der Waals surface area contributed by atoms with Crippen molar-refractivity contribution in [1.82, 2.24) is 19.8 Å². The molecule has 2 bridgehead atoms. The molecule has 0 radical (unpaired) electrons. The molecule has 224 valence electrons. The lowest BCUT2D eigenvalue weighted by molar-refractivity contribution is -0.108. The first-order valence-corrected chi connectivity index (χ1v) is 16.0. The highest BCUT2D eigenvalue weighted by molar-refractivity contribution is 6.30. The summed E-state index contributed by atoms with van der Waals surface area (Å²) in [4.78, 5) is 26.1. The van der Waals surface area contributed by atoms with Gasteiger partial charge in [-0.2, -0.15) is 0 Å². The Morgan fingerprint density at radius 3 is 2.50 bits per heavy atom. The van der Waals surface area contributed by atoms with Crippen molar-refractivity contribution in [3.8, 4) is 0 Å². The van der Waals surface area contributed by atoms with E-state index in [0.29, 0.717) is 45.4 Å². The molecule has 4 fully saturated rings. The molecular weight excluding hydrogens is 544 g/mol. The number of rotatable bonds is 5. The van der Waals surface area contributed by atoms with Crippen LogP contribution in [-0.4, -0.2) is 51.6 Å². The molecule has 2 heterocycles. The Kier molecular flexibility index (Phi) is 7.86. The fourth-order valence-corrected chi connectivity index (χ4v) is 7.98. The van der Waals surface area contributed by atoms with Crippen molar-refractivity contribution in [2.24, 2.45) is 28.2 Å². The second kappa shape index (κ2) is 11.3. The van der Waals surface area contributed by atoms with E-state index in [9.17, 15) is 4.79 Å². The second-order valence-corrected chi connectivity index (χ2v) is 14.3. The first-order chi connectivity index (χ1) is 20.0. The molecule has 7 atom stereocenters. The number of nitrogens with zero attached hydrogens (tertiary/aromatic N) is 4. The van der Waals surface area contributed by atoms with Gasteiger partial charge in [0.1, 0.15) is 0 Å². The highest BCUT2D eigenvalue weighted by Crippen LogP contribution is 2.61. The zero-order valence-electron chi connectivity index (χ0n) is 25.8. The van der Waals surface area contributed by atoms with Crippen LogP contribution in [0.25, 0.3) is 10.9 Å². The molecule has 1 saturated heterocycles. The van der Waals surface area contributed by atoms with Gasteiger partial charge in [0.2, 0.25) is 0 Å². The van der Waals surface area contributed by atoms with Crippen molar-refractivity contribution in [3.63, 3.8) is 0 Å². The van der Waals surface area contributed by atoms with Crippen molar-refractivity contribution < 1.29 is 0 Å². The van der Waals surface area contributed by atoms with E-state index >= 15 is 0 Å². The number of aliphatic imine (C=N–C) groups is 1. The zero-order valence-corrected chi connectivity index (χ0v) is 26.5. The van der Waals surface area contributed by atoms with Crippen LogP contribution in [0.1, 0.15) is 66.0 Å². The summed E-state index contributed by atoms with van der Waals surface area (Å²) in [6, 6.07) is 14.7. The quantitative estimate of drug-likeness (QED) is 0.267. The minimum Gasteiger partial charge on any atom is -0.340 e. The van der Waals surface area contributed by atoms with Gasteiger partial charge in [-0.3, -0.25) is 9.36 Å². The molecule has 7 rings (SSSR count).